The molecule has 0 spiro atoms. The van der Waals surface area contributed by atoms with Gasteiger partial charge in [0, 0.05) is 0 Å². The van der Waals surface area contributed by atoms with Crippen molar-refractivity contribution < 1.29 is 19.4 Å². The lowest BCUT2D eigenvalue weighted by molar-refractivity contribution is 0.0428. The Labute approximate surface area is 66.1 Å². The molecule has 0 atom stereocenters. The molecule has 4 nitrogen and oxygen atoms in total. The molecule has 0 rings (SSSR count). The Hall–Kier alpha value is -0.770. The summed E-state index contributed by atoms with van der Waals surface area (Å²) in [6.45, 7) is 2.23. The number of hydrogen-bond acceptors (Lipinski definition) is 4. The van der Waals surface area contributed by atoms with E-state index in [1.807, 2.05) is 6.92 Å². The Bertz CT molecular complexity index is 103. The lowest BCUT2D eigenvalue weighted by Crippen LogP contribution is -2.10. The normalized spacial score (nSPS) is 9.27. The molecule has 0 heterocycles. The van der Waals surface area contributed by atoms with E-state index in [1.54, 1.807) is 0 Å². The van der Waals surface area contributed by atoms with E-state index in [0.717, 1.165) is 12.8 Å². The Morgan fingerprint density at radius 2 is 2.00 bits per heavy atom. The van der Waals surface area contributed by atoms with Gasteiger partial charge in [-0.25, -0.2) is 4.79 Å². The number of carbonyl (C=O) groups excluding carboxylic acids is 1. The van der Waals surface area contributed by atoms with Crippen molar-refractivity contribution in [3.63, 3.8) is 0 Å². The van der Waals surface area contributed by atoms with E-state index in [1.165, 1.54) is 0 Å². The monoisotopic (exact) mass is 162 g/mol. The fourth-order valence-electron chi connectivity index (χ4n) is 0.470. The summed E-state index contributed by atoms with van der Waals surface area (Å²) in [7, 11) is 0. The van der Waals surface area contributed by atoms with E-state index in [-0.39, 0.29) is 13.2 Å². The molecular formula is C7H14O4. The van der Waals surface area contributed by atoms with Gasteiger partial charge in [-0.3, -0.25) is 0 Å². The minimum absolute atomic E-state index is 0.00492. The molecule has 11 heavy (non-hydrogen) atoms. The third-order valence-corrected chi connectivity index (χ3v) is 1.03. The van der Waals surface area contributed by atoms with Gasteiger partial charge in [0.05, 0.1) is 13.2 Å². The predicted octanol–water partition coefficient (Wildman–Crippen LogP) is 0.932. The zero-order valence-electron chi connectivity index (χ0n) is 6.71. The van der Waals surface area contributed by atoms with Crippen molar-refractivity contribution in [2.24, 2.45) is 0 Å². The average molecular weight is 162 g/mol. The maximum Gasteiger partial charge on any atom is 0.508 e. The van der Waals surface area contributed by atoms with Crippen molar-refractivity contribution in [2.75, 3.05) is 19.8 Å². The lowest BCUT2D eigenvalue weighted by atomic mass is 10.4. The first-order valence-electron chi connectivity index (χ1n) is 3.71. The van der Waals surface area contributed by atoms with E-state index in [2.05, 4.69) is 9.47 Å². The lowest BCUT2D eigenvalue weighted by Gasteiger charge is -2.02. The molecule has 0 fully saturated rings. The molecule has 0 aliphatic carbocycles. The zero-order valence-corrected chi connectivity index (χ0v) is 6.71. The highest BCUT2D eigenvalue weighted by Crippen LogP contribution is 1.90. The number of aliphatic hydroxyl groups excluding tert-OH is 1. The molecule has 0 radical (unpaired) electrons. The van der Waals surface area contributed by atoms with E-state index >= 15 is 0 Å². The van der Waals surface area contributed by atoms with Crippen LogP contribution < -0.4 is 0 Å². The molecule has 66 valence electrons. The Morgan fingerprint density at radius 3 is 2.55 bits per heavy atom. The summed E-state index contributed by atoms with van der Waals surface area (Å²) < 4.78 is 9.04. The van der Waals surface area contributed by atoms with Crippen LogP contribution in [0.2, 0.25) is 0 Å². The van der Waals surface area contributed by atoms with Crippen LogP contribution in [0.4, 0.5) is 4.79 Å². The molecule has 0 aromatic carbocycles. The second-order valence-electron chi connectivity index (χ2n) is 2.02. The Morgan fingerprint density at radius 1 is 1.36 bits per heavy atom. The van der Waals surface area contributed by atoms with Gasteiger partial charge in [-0.2, -0.15) is 0 Å². The Balaban J connectivity index is 3.09. The maximum atomic E-state index is 10.5. The summed E-state index contributed by atoms with van der Waals surface area (Å²) in [5.74, 6) is 0. The van der Waals surface area contributed by atoms with Crippen LogP contribution in [-0.4, -0.2) is 31.1 Å². The summed E-state index contributed by atoms with van der Waals surface area (Å²) in [6, 6.07) is 0. The smallest absolute Gasteiger partial charge is 0.434 e. The fraction of sp³-hybridized carbons (Fsp3) is 0.857. The van der Waals surface area contributed by atoms with Gasteiger partial charge in [0.2, 0.25) is 0 Å². The molecule has 0 aromatic heterocycles. The highest BCUT2D eigenvalue weighted by molar-refractivity contribution is 5.59. The van der Waals surface area contributed by atoms with Crippen molar-refractivity contribution in [3.05, 3.63) is 0 Å². The van der Waals surface area contributed by atoms with Gasteiger partial charge in [0.25, 0.3) is 0 Å². The fourth-order valence-corrected chi connectivity index (χ4v) is 0.470. The quantitative estimate of drug-likeness (QED) is 0.482. The molecule has 0 saturated carbocycles. The van der Waals surface area contributed by atoms with Gasteiger partial charge in [0.15, 0.2) is 0 Å². The third kappa shape index (κ3) is 7.12. The molecular weight excluding hydrogens is 148 g/mol. The zero-order chi connectivity index (χ0) is 8.53. The van der Waals surface area contributed by atoms with Gasteiger partial charge in [-0.15, -0.1) is 0 Å². The minimum atomic E-state index is -0.701. The number of rotatable bonds is 5. The second kappa shape index (κ2) is 7.34. The van der Waals surface area contributed by atoms with E-state index in [9.17, 15) is 4.79 Å². The van der Waals surface area contributed by atoms with E-state index < -0.39 is 6.16 Å². The van der Waals surface area contributed by atoms with Crippen molar-refractivity contribution in [2.45, 2.75) is 19.8 Å². The number of carbonyl (C=O) groups is 1. The van der Waals surface area contributed by atoms with Gasteiger partial charge >= 0.3 is 6.16 Å². The minimum Gasteiger partial charge on any atom is -0.434 e. The number of aliphatic hydroxyl groups is 1. The summed E-state index contributed by atoms with van der Waals surface area (Å²) >= 11 is 0. The van der Waals surface area contributed by atoms with Crippen LogP contribution in [0, 0.1) is 0 Å². The molecule has 0 aliphatic heterocycles. The van der Waals surface area contributed by atoms with Gasteiger partial charge < -0.3 is 14.6 Å². The largest absolute Gasteiger partial charge is 0.508 e. The molecule has 0 aliphatic rings. The molecule has 4 heteroatoms. The van der Waals surface area contributed by atoms with Crippen molar-refractivity contribution in [3.8, 4) is 0 Å². The predicted molar refractivity (Wildman–Crippen MR) is 39.3 cm³/mol. The van der Waals surface area contributed by atoms with E-state index in [0.29, 0.717) is 6.61 Å². The highest BCUT2D eigenvalue weighted by Gasteiger charge is 2.00. The van der Waals surface area contributed by atoms with Crippen LogP contribution in [0.15, 0.2) is 0 Å². The molecule has 0 saturated heterocycles. The summed E-state index contributed by atoms with van der Waals surface area (Å²) in [5, 5.41) is 8.25. The summed E-state index contributed by atoms with van der Waals surface area (Å²) in [6.07, 6.45) is 1.12. The Kier molecular flexibility index (Phi) is 6.82. The van der Waals surface area contributed by atoms with Crippen LogP contribution in [0.3, 0.4) is 0 Å². The molecule has 0 unspecified atom stereocenters. The van der Waals surface area contributed by atoms with Gasteiger partial charge in [0.1, 0.15) is 6.61 Å². The van der Waals surface area contributed by atoms with Crippen molar-refractivity contribution >= 4 is 6.16 Å². The molecule has 0 bridgehead atoms. The average Bonchev–Trinajstić information content (AvgIpc) is 2.01. The standard InChI is InChI=1S/C7H14O4/c1-2-3-5-10-7(9)11-6-4-8/h8H,2-6H2,1H3. The van der Waals surface area contributed by atoms with Crippen LogP contribution in [0.25, 0.3) is 0 Å². The molecule has 0 aromatic rings. The first-order valence-corrected chi connectivity index (χ1v) is 3.71. The first-order chi connectivity index (χ1) is 5.31. The summed E-state index contributed by atoms with van der Waals surface area (Å²) in [5.41, 5.74) is 0. The molecule has 1 N–H and O–H groups in total. The SMILES string of the molecule is CCCCOC(=O)OCCO. The van der Waals surface area contributed by atoms with Gasteiger partial charge in [-0.05, 0) is 6.42 Å². The van der Waals surface area contributed by atoms with Gasteiger partial charge in [-0.1, -0.05) is 13.3 Å². The van der Waals surface area contributed by atoms with Crippen LogP contribution in [-0.2, 0) is 9.47 Å². The second-order valence-corrected chi connectivity index (χ2v) is 2.02. The number of unbranched alkanes of at least 4 members (excludes halogenated alkanes) is 1. The van der Waals surface area contributed by atoms with Crippen LogP contribution >= 0.6 is 0 Å². The van der Waals surface area contributed by atoms with Crippen molar-refractivity contribution in [1.29, 1.82) is 0 Å². The van der Waals surface area contributed by atoms with Crippen molar-refractivity contribution in [1.82, 2.24) is 0 Å². The number of hydrogen-bond donors (Lipinski definition) is 1. The topological polar surface area (TPSA) is 55.8 Å². The first kappa shape index (κ1) is 10.2. The third-order valence-electron chi connectivity index (χ3n) is 1.03. The molecule has 0 amide bonds. The highest BCUT2D eigenvalue weighted by atomic mass is 16.7. The van der Waals surface area contributed by atoms with E-state index in [4.69, 9.17) is 5.11 Å². The maximum absolute atomic E-state index is 10.5. The number of ether oxygens (including phenoxy) is 2. The summed E-state index contributed by atoms with van der Waals surface area (Å²) in [4.78, 5) is 10.5. The van der Waals surface area contributed by atoms with Crippen LogP contribution in [0.5, 0.6) is 0 Å². The van der Waals surface area contributed by atoms with Crippen LogP contribution in [0.1, 0.15) is 19.8 Å².